The Bertz CT molecular complexity index is 936. The van der Waals surface area contributed by atoms with Crippen LogP contribution in [0.1, 0.15) is 64.1 Å². The molecule has 0 N–H and O–H groups in total. The van der Waals surface area contributed by atoms with Crippen LogP contribution in [0.2, 0.25) is 0 Å². The average molecular weight is 445 g/mol. The van der Waals surface area contributed by atoms with E-state index >= 15 is 0 Å². The third kappa shape index (κ3) is 4.54. The van der Waals surface area contributed by atoms with Gasteiger partial charge in [-0.3, -0.25) is 9.88 Å². The zero-order valence-electron chi connectivity index (χ0n) is 18.9. The molecule has 32 heavy (non-hydrogen) atoms. The molecule has 0 atom stereocenters. The molecule has 0 bridgehead atoms. The predicted octanol–water partition coefficient (Wildman–Crippen LogP) is 5.52. The number of carbonyl (C=O) groups is 1. The van der Waals surface area contributed by atoms with Crippen LogP contribution in [-0.4, -0.2) is 39.1 Å². The Hall–Kier alpha value is -2.77. The highest BCUT2D eigenvalue weighted by Gasteiger charge is 2.50. The van der Waals surface area contributed by atoms with Gasteiger partial charge in [-0.1, -0.05) is 25.3 Å². The summed E-state index contributed by atoms with van der Waals surface area (Å²) in [6.07, 6.45) is 8.32. The molecule has 2 fully saturated rings. The Kier molecular flexibility index (Phi) is 6.05. The van der Waals surface area contributed by atoms with Crippen molar-refractivity contribution < 1.29 is 18.3 Å². The number of hydrogen-bond acceptors (Lipinski definition) is 4. The molecule has 2 amide bonds. The minimum absolute atomic E-state index is 0.0419. The van der Waals surface area contributed by atoms with Crippen LogP contribution in [0.15, 0.2) is 36.7 Å². The van der Waals surface area contributed by atoms with Gasteiger partial charge >= 0.3 is 6.03 Å². The Morgan fingerprint density at radius 2 is 1.84 bits per heavy atom. The summed E-state index contributed by atoms with van der Waals surface area (Å²) < 4.78 is 32.7. The van der Waals surface area contributed by atoms with Gasteiger partial charge < -0.3 is 9.64 Å². The second-order valence-electron chi connectivity index (χ2n) is 9.20. The molecule has 0 radical (unpaired) electrons. The predicted molar refractivity (Wildman–Crippen MR) is 118 cm³/mol. The average Bonchev–Trinajstić information content (AvgIpc) is 3.00. The smallest absolute Gasteiger partial charge is 0.325 e. The monoisotopic (exact) mass is 444 g/mol. The molecule has 1 saturated carbocycles. The van der Waals surface area contributed by atoms with Gasteiger partial charge in [0, 0.05) is 25.7 Å². The number of carbonyl (C=O) groups excluding carboxylic acids is 1. The minimum atomic E-state index is -3.01. The van der Waals surface area contributed by atoms with Gasteiger partial charge in [-0.2, -0.15) is 8.78 Å². The molecule has 3 heterocycles. The maximum absolute atomic E-state index is 13.6. The van der Waals surface area contributed by atoms with Gasteiger partial charge in [-0.15, -0.1) is 0 Å². The quantitative estimate of drug-likeness (QED) is 0.589. The lowest BCUT2D eigenvalue weighted by molar-refractivity contribution is 0.0128. The summed E-state index contributed by atoms with van der Waals surface area (Å²) in [4.78, 5) is 25.4. The molecule has 1 saturated heterocycles. The van der Waals surface area contributed by atoms with Crippen molar-refractivity contribution in [2.45, 2.75) is 77.0 Å². The number of alkyl halides is 2. The van der Waals surface area contributed by atoms with Gasteiger partial charge in [0.25, 0.3) is 5.92 Å². The minimum Gasteiger partial charge on any atom is -0.475 e. The first-order valence-electron chi connectivity index (χ1n) is 11.2. The highest BCUT2D eigenvalue weighted by atomic mass is 19.3. The third-order valence-electron chi connectivity index (χ3n) is 6.28. The SMILES string of the molecule is CC(C)Oc1ccc(CN2C(=O)N(c3ccc(C(C)(F)F)nc3)CC23CCCCC3)cn1. The number of rotatable bonds is 6. The summed E-state index contributed by atoms with van der Waals surface area (Å²) in [5.41, 5.74) is 0.914. The van der Waals surface area contributed by atoms with Gasteiger partial charge in [-0.25, -0.2) is 9.78 Å². The Morgan fingerprint density at radius 3 is 2.41 bits per heavy atom. The van der Waals surface area contributed by atoms with Crippen LogP contribution in [0.25, 0.3) is 0 Å². The normalized spacial score (nSPS) is 18.6. The van der Waals surface area contributed by atoms with Crippen molar-refractivity contribution in [3.8, 4) is 5.88 Å². The molecule has 172 valence electrons. The van der Waals surface area contributed by atoms with Crippen LogP contribution in [0.3, 0.4) is 0 Å². The summed E-state index contributed by atoms with van der Waals surface area (Å²) in [6, 6.07) is 6.52. The fraction of sp³-hybridized carbons (Fsp3) is 0.542. The highest BCUT2D eigenvalue weighted by molar-refractivity contribution is 5.95. The summed E-state index contributed by atoms with van der Waals surface area (Å²) in [6.45, 7) is 5.70. The van der Waals surface area contributed by atoms with Gasteiger partial charge in [0.2, 0.25) is 5.88 Å². The van der Waals surface area contributed by atoms with E-state index in [0.29, 0.717) is 24.7 Å². The summed E-state index contributed by atoms with van der Waals surface area (Å²) in [7, 11) is 0. The van der Waals surface area contributed by atoms with E-state index in [1.54, 1.807) is 17.2 Å². The molecule has 1 aliphatic heterocycles. The van der Waals surface area contributed by atoms with E-state index in [1.807, 2.05) is 30.9 Å². The van der Waals surface area contributed by atoms with Gasteiger partial charge in [-0.05, 0) is 44.4 Å². The Morgan fingerprint density at radius 1 is 1.09 bits per heavy atom. The Balaban J connectivity index is 1.58. The second kappa shape index (κ2) is 8.64. The van der Waals surface area contributed by atoms with Crippen molar-refractivity contribution in [2.24, 2.45) is 0 Å². The number of pyridine rings is 2. The first kappa shape index (κ1) is 22.4. The van der Waals surface area contributed by atoms with E-state index in [1.165, 1.54) is 12.3 Å². The lowest BCUT2D eigenvalue weighted by Crippen LogP contribution is -2.48. The lowest BCUT2D eigenvalue weighted by Gasteiger charge is -2.40. The topological polar surface area (TPSA) is 58.6 Å². The van der Waals surface area contributed by atoms with Crippen LogP contribution >= 0.6 is 0 Å². The number of halogens is 2. The molecule has 0 aromatic carbocycles. The van der Waals surface area contributed by atoms with Gasteiger partial charge in [0.1, 0.15) is 5.69 Å². The third-order valence-corrected chi connectivity index (χ3v) is 6.28. The number of amides is 2. The molecule has 1 spiro atoms. The van der Waals surface area contributed by atoms with Crippen molar-refractivity contribution in [1.29, 1.82) is 0 Å². The van der Waals surface area contributed by atoms with E-state index in [4.69, 9.17) is 4.74 Å². The van der Waals surface area contributed by atoms with E-state index < -0.39 is 5.92 Å². The fourth-order valence-electron chi connectivity index (χ4n) is 4.67. The zero-order chi connectivity index (χ0) is 22.9. The second-order valence-corrected chi connectivity index (χ2v) is 9.20. The molecule has 2 aromatic heterocycles. The van der Waals surface area contributed by atoms with Gasteiger partial charge in [0.05, 0.1) is 30.1 Å². The lowest BCUT2D eigenvalue weighted by atomic mass is 9.81. The molecule has 4 rings (SSSR count). The first-order valence-corrected chi connectivity index (χ1v) is 11.2. The molecule has 2 aliphatic rings. The van der Waals surface area contributed by atoms with Gasteiger partial charge in [0.15, 0.2) is 0 Å². The maximum atomic E-state index is 13.6. The van der Waals surface area contributed by atoms with Crippen LogP contribution < -0.4 is 9.64 Å². The van der Waals surface area contributed by atoms with Crippen LogP contribution in [0.5, 0.6) is 5.88 Å². The van der Waals surface area contributed by atoms with E-state index in [0.717, 1.165) is 44.6 Å². The molecule has 0 unspecified atom stereocenters. The maximum Gasteiger partial charge on any atom is 0.325 e. The van der Waals surface area contributed by atoms with Crippen molar-refractivity contribution in [1.82, 2.24) is 14.9 Å². The number of anilines is 1. The molecule has 6 nitrogen and oxygen atoms in total. The van der Waals surface area contributed by atoms with E-state index in [2.05, 4.69) is 9.97 Å². The van der Waals surface area contributed by atoms with E-state index in [9.17, 15) is 13.6 Å². The summed E-state index contributed by atoms with van der Waals surface area (Å²) in [5.74, 6) is -2.45. The van der Waals surface area contributed by atoms with Crippen molar-refractivity contribution in [2.75, 3.05) is 11.4 Å². The largest absolute Gasteiger partial charge is 0.475 e. The number of hydrogen-bond donors (Lipinski definition) is 0. The first-order chi connectivity index (χ1) is 15.2. The molecule has 2 aromatic rings. The molecule has 1 aliphatic carbocycles. The highest BCUT2D eigenvalue weighted by Crippen LogP contribution is 2.42. The fourth-order valence-corrected chi connectivity index (χ4v) is 4.67. The molecular weight excluding hydrogens is 414 g/mol. The summed E-state index contributed by atoms with van der Waals surface area (Å²) in [5, 5.41) is 0. The van der Waals surface area contributed by atoms with Crippen LogP contribution in [0, 0.1) is 0 Å². The number of ether oxygens (including phenoxy) is 1. The zero-order valence-corrected chi connectivity index (χ0v) is 18.9. The number of urea groups is 1. The van der Waals surface area contributed by atoms with Crippen molar-refractivity contribution >= 4 is 11.7 Å². The van der Waals surface area contributed by atoms with E-state index in [-0.39, 0.29) is 23.4 Å². The van der Waals surface area contributed by atoms with Crippen LogP contribution in [0.4, 0.5) is 19.3 Å². The number of nitrogens with zero attached hydrogens (tertiary/aromatic N) is 4. The number of aromatic nitrogens is 2. The summed E-state index contributed by atoms with van der Waals surface area (Å²) >= 11 is 0. The van der Waals surface area contributed by atoms with Crippen molar-refractivity contribution in [3.05, 3.63) is 47.9 Å². The molecule has 8 heteroatoms. The molecular formula is C24H30F2N4O2. The van der Waals surface area contributed by atoms with Crippen molar-refractivity contribution in [3.63, 3.8) is 0 Å². The standard InChI is InChI=1S/C24H30F2N4O2/c1-17(2)32-21-10-7-18(13-28-21)15-30-22(31)29(16-24(30)11-5-4-6-12-24)19-8-9-20(27-14-19)23(3,25)26/h7-10,13-14,17H,4-6,11-12,15-16H2,1-3H3. The Labute approximate surface area is 187 Å². The van der Waals surface area contributed by atoms with Crippen LogP contribution in [-0.2, 0) is 12.5 Å².